The van der Waals surface area contributed by atoms with Gasteiger partial charge in [0.15, 0.2) is 0 Å². The molecule has 2 rings (SSSR count). The molecule has 0 saturated carbocycles. The smallest absolute Gasteiger partial charge is 0.321 e. The van der Waals surface area contributed by atoms with Crippen molar-refractivity contribution < 1.29 is 19.7 Å². The Labute approximate surface area is 123 Å². The molecular weight excluding hydrogens is 292 g/mol. The van der Waals surface area contributed by atoms with Gasteiger partial charge in [0.25, 0.3) is 0 Å². The summed E-state index contributed by atoms with van der Waals surface area (Å²) in [5.41, 5.74) is -0.845. The molecule has 2 N–H and O–H groups in total. The van der Waals surface area contributed by atoms with Crippen LogP contribution in [-0.2, 0) is 9.59 Å². The first-order valence-corrected chi connectivity index (χ1v) is 5.83. The molecule has 0 unspecified atom stereocenters. The van der Waals surface area contributed by atoms with E-state index in [1.165, 1.54) is 18.6 Å². The van der Waals surface area contributed by atoms with Crippen molar-refractivity contribution in [2.24, 2.45) is 0 Å². The molecule has 0 fully saturated rings. The van der Waals surface area contributed by atoms with E-state index in [0.29, 0.717) is 5.06 Å². The molecule has 0 aromatic carbocycles. The number of nitro groups is 1. The summed E-state index contributed by atoms with van der Waals surface area (Å²) in [5, 5.41) is 32.8. The molecular formula is C13H8N4O5. The second kappa shape index (κ2) is 5.86. The van der Waals surface area contributed by atoms with Crippen molar-refractivity contribution in [3.63, 3.8) is 0 Å². The number of nitrogens with zero attached hydrogens (tertiary/aromatic N) is 3. The van der Waals surface area contributed by atoms with E-state index >= 15 is 0 Å². The zero-order chi connectivity index (χ0) is 16.3. The van der Waals surface area contributed by atoms with E-state index in [-0.39, 0.29) is 16.8 Å². The van der Waals surface area contributed by atoms with Gasteiger partial charge in [0.1, 0.15) is 11.8 Å². The molecule has 2 aliphatic rings. The number of carbonyl (C=O) groups is 2. The molecule has 9 nitrogen and oxygen atoms in total. The fourth-order valence-corrected chi connectivity index (χ4v) is 1.75. The highest BCUT2D eigenvalue weighted by atomic mass is 16.6. The summed E-state index contributed by atoms with van der Waals surface area (Å²) >= 11 is 0. The van der Waals surface area contributed by atoms with Gasteiger partial charge in [0.05, 0.1) is 10.5 Å². The molecule has 9 heteroatoms. The van der Waals surface area contributed by atoms with Crippen molar-refractivity contribution >= 4 is 11.6 Å². The van der Waals surface area contributed by atoms with E-state index in [0.717, 1.165) is 18.2 Å². The van der Waals surface area contributed by atoms with Crippen LogP contribution in [0.5, 0.6) is 0 Å². The van der Waals surface area contributed by atoms with Gasteiger partial charge < -0.3 is 5.32 Å². The maximum absolute atomic E-state index is 11.4. The second-order valence-electron chi connectivity index (χ2n) is 4.15. The van der Waals surface area contributed by atoms with Crippen LogP contribution >= 0.6 is 0 Å². The molecule has 110 valence electrons. The minimum absolute atomic E-state index is 0.0108. The Kier molecular flexibility index (Phi) is 3.97. The van der Waals surface area contributed by atoms with Crippen molar-refractivity contribution in [3.05, 3.63) is 69.5 Å². The average molecular weight is 300 g/mol. The van der Waals surface area contributed by atoms with Crippen LogP contribution in [0.3, 0.4) is 0 Å². The summed E-state index contributed by atoms with van der Waals surface area (Å²) in [6.45, 7) is 0. The number of ketones is 2. The summed E-state index contributed by atoms with van der Waals surface area (Å²) in [7, 11) is 0. The van der Waals surface area contributed by atoms with Crippen molar-refractivity contribution in [1.82, 2.24) is 10.4 Å². The predicted molar refractivity (Wildman–Crippen MR) is 70.9 cm³/mol. The minimum Gasteiger partial charge on any atom is -0.364 e. The van der Waals surface area contributed by atoms with Crippen molar-refractivity contribution in [2.75, 3.05) is 0 Å². The zero-order valence-corrected chi connectivity index (χ0v) is 10.9. The van der Waals surface area contributed by atoms with Gasteiger partial charge in [0, 0.05) is 24.7 Å². The molecule has 1 aliphatic carbocycles. The molecule has 22 heavy (non-hydrogen) atoms. The molecule has 0 atom stereocenters. The van der Waals surface area contributed by atoms with Crippen LogP contribution < -0.4 is 5.32 Å². The number of allylic oxidation sites excluding steroid dienone is 6. The molecule has 0 spiro atoms. The van der Waals surface area contributed by atoms with Gasteiger partial charge in [0.2, 0.25) is 5.78 Å². The van der Waals surface area contributed by atoms with Crippen LogP contribution in [-0.4, -0.2) is 26.8 Å². The van der Waals surface area contributed by atoms with Crippen LogP contribution in [0.2, 0.25) is 0 Å². The number of nitrogens with one attached hydrogen (secondary N) is 1. The first-order chi connectivity index (χ1) is 10.4. The highest BCUT2D eigenvalue weighted by Crippen LogP contribution is 2.20. The summed E-state index contributed by atoms with van der Waals surface area (Å²) in [5.74, 6) is -2.26. The van der Waals surface area contributed by atoms with Crippen LogP contribution in [0.4, 0.5) is 0 Å². The first-order valence-electron chi connectivity index (χ1n) is 5.83. The van der Waals surface area contributed by atoms with Gasteiger partial charge in [-0.05, 0) is 17.7 Å². The summed E-state index contributed by atoms with van der Waals surface area (Å²) in [4.78, 5) is 32.6. The number of rotatable bonds is 3. The summed E-state index contributed by atoms with van der Waals surface area (Å²) in [6, 6.07) is 1.80. The van der Waals surface area contributed by atoms with Crippen LogP contribution in [0.15, 0.2) is 59.4 Å². The molecule has 0 amide bonds. The maximum Gasteiger partial charge on any atom is 0.321 e. The van der Waals surface area contributed by atoms with Gasteiger partial charge in [-0.15, -0.1) is 0 Å². The van der Waals surface area contributed by atoms with Gasteiger partial charge in [-0.3, -0.25) is 24.9 Å². The van der Waals surface area contributed by atoms with Crippen LogP contribution in [0.25, 0.3) is 0 Å². The third-order valence-electron chi connectivity index (χ3n) is 2.74. The van der Waals surface area contributed by atoms with Gasteiger partial charge in [-0.2, -0.15) is 5.26 Å². The van der Waals surface area contributed by atoms with E-state index in [1.807, 2.05) is 0 Å². The van der Waals surface area contributed by atoms with E-state index in [1.54, 1.807) is 6.07 Å². The number of hydrogen-bond acceptors (Lipinski definition) is 8. The molecule has 0 saturated heterocycles. The first kappa shape index (κ1) is 14.9. The lowest BCUT2D eigenvalue weighted by Crippen LogP contribution is -2.23. The van der Waals surface area contributed by atoms with E-state index in [9.17, 15) is 24.9 Å². The molecule has 0 aromatic heterocycles. The Morgan fingerprint density at radius 2 is 2.18 bits per heavy atom. The molecule has 0 radical (unpaired) electrons. The lowest BCUT2D eigenvalue weighted by atomic mass is 9.99. The summed E-state index contributed by atoms with van der Waals surface area (Å²) in [6.07, 6.45) is 6.91. The fraction of sp³-hybridized carbons (Fsp3) is 0. The number of Topliss-reactive ketones (excluding diaryl/α,β-unsaturated/α-hetero) is 1. The Bertz CT molecular complexity index is 764. The largest absolute Gasteiger partial charge is 0.364 e. The zero-order valence-electron chi connectivity index (χ0n) is 10.9. The molecule has 1 heterocycles. The van der Waals surface area contributed by atoms with Crippen LogP contribution in [0.1, 0.15) is 0 Å². The van der Waals surface area contributed by atoms with Gasteiger partial charge >= 0.3 is 11.5 Å². The Morgan fingerprint density at radius 1 is 1.45 bits per heavy atom. The lowest BCUT2D eigenvalue weighted by Gasteiger charge is -2.18. The third-order valence-corrected chi connectivity index (χ3v) is 2.74. The normalized spacial score (nSPS) is 18.1. The Hall–Kier alpha value is -3.51. The fourth-order valence-electron chi connectivity index (χ4n) is 1.75. The standard InChI is InChI=1S/C13H8N4O5/c14-6-9(11-7-15-1-2-16(11)20)3-8-4-10(17(21)22)13(19)12(18)5-8/h1-5,7,15,20H/b9-3+. The van der Waals surface area contributed by atoms with Crippen molar-refractivity contribution in [2.45, 2.75) is 0 Å². The van der Waals surface area contributed by atoms with Crippen molar-refractivity contribution in [1.29, 1.82) is 5.26 Å². The SMILES string of the molecule is N#C/C(=C\C1=CC(=O)C(=O)C([N+](=O)[O-])=C1)C1=CNC=CN1O. The van der Waals surface area contributed by atoms with Crippen molar-refractivity contribution in [3.8, 4) is 6.07 Å². The van der Waals surface area contributed by atoms with E-state index in [4.69, 9.17) is 5.26 Å². The number of hydroxylamine groups is 2. The third kappa shape index (κ3) is 2.82. The van der Waals surface area contributed by atoms with Crippen LogP contribution in [0, 0.1) is 21.4 Å². The highest BCUT2D eigenvalue weighted by Gasteiger charge is 2.31. The average Bonchev–Trinajstić information content (AvgIpc) is 2.48. The van der Waals surface area contributed by atoms with Gasteiger partial charge in [-0.25, -0.2) is 5.06 Å². The monoisotopic (exact) mass is 300 g/mol. The number of hydrogen-bond donors (Lipinski definition) is 2. The maximum atomic E-state index is 11.4. The van der Waals surface area contributed by atoms with E-state index < -0.39 is 22.2 Å². The molecule has 0 bridgehead atoms. The molecule has 1 aliphatic heterocycles. The number of nitriles is 1. The minimum atomic E-state index is -1.22. The number of carbonyl (C=O) groups excluding carboxylic acids is 2. The van der Waals surface area contributed by atoms with E-state index in [2.05, 4.69) is 5.32 Å². The Balaban J connectivity index is 2.42. The predicted octanol–water partition coefficient (Wildman–Crippen LogP) is 0.282. The quantitative estimate of drug-likeness (QED) is 0.249. The second-order valence-corrected chi connectivity index (χ2v) is 4.15. The lowest BCUT2D eigenvalue weighted by molar-refractivity contribution is -0.418. The topological polar surface area (TPSA) is 137 Å². The van der Waals surface area contributed by atoms with Gasteiger partial charge in [-0.1, -0.05) is 0 Å². The summed E-state index contributed by atoms with van der Waals surface area (Å²) < 4.78 is 0. The Morgan fingerprint density at radius 3 is 2.77 bits per heavy atom. The highest BCUT2D eigenvalue weighted by molar-refractivity contribution is 6.47. The molecule has 0 aromatic rings.